The van der Waals surface area contributed by atoms with Crippen LogP contribution in [0.2, 0.25) is 0 Å². The zero-order valence-electron chi connectivity index (χ0n) is 19.1. The van der Waals surface area contributed by atoms with Crippen LogP contribution < -0.4 is 0 Å². The van der Waals surface area contributed by atoms with Gasteiger partial charge in [0.2, 0.25) is 0 Å². The molecule has 0 bridgehead atoms. The Morgan fingerprint density at radius 2 is 1.97 bits per heavy atom. The van der Waals surface area contributed by atoms with Gasteiger partial charge in [-0.3, -0.25) is 9.78 Å². The number of pyridine rings is 1. The molecule has 2 heterocycles. The van der Waals surface area contributed by atoms with Crippen LogP contribution in [-0.4, -0.2) is 22.7 Å². The normalized spacial score (nSPS) is 47.7. The van der Waals surface area contributed by atoms with Gasteiger partial charge in [-0.15, -0.1) is 0 Å². The van der Waals surface area contributed by atoms with Crippen LogP contribution in [0.15, 0.2) is 36.0 Å². The first-order valence-corrected chi connectivity index (χ1v) is 12.3. The molecule has 3 saturated carbocycles. The van der Waals surface area contributed by atoms with Crippen molar-refractivity contribution in [3.63, 3.8) is 0 Å². The molecule has 3 unspecified atom stereocenters. The monoisotopic (exact) mass is 421 g/mol. The fourth-order valence-corrected chi connectivity index (χ4v) is 8.63. The van der Waals surface area contributed by atoms with Crippen LogP contribution in [0.1, 0.15) is 83.9 Å². The molecule has 4 aliphatic carbocycles. The second-order valence-electron chi connectivity index (χ2n) is 11.4. The number of epoxide rings is 1. The maximum atomic E-state index is 11.5. The Morgan fingerprint density at radius 1 is 1.13 bits per heavy atom. The minimum atomic E-state index is -0.139. The van der Waals surface area contributed by atoms with Gasteiger partial charge in [0.05, 0.1) is 5.69 Å². The molecule has 0 N–H and O–H groups in total. The number of ether oxygens (including phenoxy) is 2. The molecule has 4 heteroatoms. The fourth-order valence-electron chi connectivity index (χ4n) is 8.63. The van der Waals surface area contributed by atoms with E-state index < -0.39 is 0 Å². The van der Waals surface area contributed by atoms with Gasteiger partial charge in [0.25, 0.3) is 0 Å². The standard InChI is InChI=1S/C27H35NO3/c1-17(29)30-19-9-12-25(2)18(16-19)7-8-20-21(25)10-13-26(3)22(20)11-14-27(26)24(31-27)23-6-4-5-15-28-23/h4-7,15,19-22,24H,8-14,16H2,1-3H3/t19-,20?,21?,22?,24+,25-,26-,27-/m0/s1. The Bertz CT molecular complexity index is 928. The molecule has 5 aliphatic rings. The average molecular weight is 422 g/mol. The first-order chi connectivity index (χ1) is 14.9. The summed E-state index contributed by atoms with van der Waals surface area (Å²) in [7, 11) is 0. The van der Waals surface area contributed by atoms with Gasteiger partial charge in [-0.25, -0.2) is 0 Å². The molecular weight excluding hydrogens is 386 g/mol. The van der Waals surface area contributed by atoms with Crippen LogP contribution in [-0.2, 0) is 14.3 Å². The molecular formula is C27H35NO3. The summed E-state index contributed by atoms with van der Waals surface area (Å²) < 4.78 is 12.2. The second-order valence-corrected chi connectivity index (χ2v) is 11.4. The van der Waals surface area contributed by atoms with Crippen molar-refractivity contribution in [2.45, 2.75) is 89.9 Å². The predicted octanol–water partition coefficient (Wildman–Crippen LogP) is 5.79. The molecule has 4 nitrogen and oxygen atoms in total. The highest BCUT2D eigenvalue weighted by Crippen LogP contribution is 2.75. The summed E-state index contributed by atoms with van der Waals surface area (Å²) in [6, 6.07) is 6.22. The van der Waals surface area contributed by atoms with Gasteiger partial charge in [0.1, 0.15) is 17.8 Å². The van der Waals surface area contributed by atoms with Crippen LogP contribution in [0.5, 0.6) is 0 Å². The van der Waals surface area contributed by atoms with Gasteiger partial charge in [-0.2, -0.15) is 0 Å². The highest BCUT2D eigenvalue weighted by molar-refractivity contribution is 5.66. The van der Waals surface area contributed by atoms with Crippen LogP contribution >= 0.6 is 0 Å². The summed E-state index contributed by atoms with van der Waals surface area (Å²) in [5.74, 6) is 2.11. The molecule has 6 rings (SSSR count). The maximum Gasteiger partial charge on any atom is 0.302 e. The highest BCUT2D eigenvalue weighted by Gasteiger charge is 2.75. The Morgan fingerprint density at radius 3 is 2.74 bits per heavy atom. The SMILES string of the molecule is CC(=O)O[C@H]1CC[C@@]2(C)C(=CCC3C2CC[C@@]2(C)C3CC[C@@]23O[C@@H]3c2ccccn2)C1. The largest absolute Gasteiger partial charge is 0.462 e. The zero-order chi connectivity index (χ0) is 21.4. The van der Waals surface area contributed by atoms with E-state index in [1.54, 1.807) is 5.57 Å². The number of rotatable bonds is 2. The number of carbonyl (C=O) groups is 1. The number of allylic oxidation sites excluding steroid dienone is 1. The quantitative estimate of drug-likeness (QED) is 0.345. The van der Waals surface area contributed by atoms with Crippen molar-refractivity contribution in [2.75, 3.05) is 0 Å². The summed E-state index contributed by atoms with van der Waals surface area (Å²) in [5, 5.41) is 0. The molecule has 8 atom stereocenters. The molecule has 1 aromatic heterocycles. The lowest BCUT2D eigenvalue weighted by Gasteiger charge is -2.57. The zero-order valence-corrected chi connectivity index (χ0v) is 19.1. The number of esters is 1. The lowest BCUT2D eigenvalue weighted by atomic mass is 9.47. The Labute approximate surface area is 185 Å². The Hall–Kier alpha value is -1.68. The number of hydrogen-bond acceptors (Lipinski definition) is 4. The van der Waals surface area contributed by atoms with Crippen molar-refractivity contribution in [1.82, 2.24) is 4.98 Å². The second kappa shape index (κ2) is 6.66. The van der Waals surface area contributed by atoms with Gasteiger partial charge in [-0.05, 0) is 80.2 Å². The van der Waals surface area contributed by atoms with Crippen molar-refractivity contribution in [3.8, 4) is 0 Å². The topological polar surface area (TPSA) is 51.7 Å². The Balaban J connectivity index is 1.26. The van der Waals surface area contributed by atoms with E-state index in [4.69, 9.17) is 9.47 Å². The number of aromatic nitrogens is 1. The number of fused-ring (bicyclic) bond motifs is 6. The molecule has 0 aromatic carbocycles. The number of nitrogens with zero attached hydrogens (tertiary/aromatic N) is 1. The third kappa shape index (κ3) is 2.70. The summed E-state index contributed by atoms with van der Waals surface area (Å²) in [5.41, 5.74) is 3.23. The summed E-state index contributed by atoms with van der Waals surface area (Å²) >= 11 is 0. The molecule has 166 valence electrons. The third-order valence-electron chi connectivity index (χ3n) is 10.2. The van der Waals surface area contributed by atoms with Crippen LogP contribution in [0.25, 0.3) is 0 Å². The summed E-state index contributed by atoms with van der Waals surface area (Å²) in [6.07, 6.45) is 14.0. The van der Waals surface area contributed by atoms with E-state index in [1.807, 2.05) is 12.3 Å². The van der Waals surface area contributed by atoms with Gasteiger partial charge >= 0.3 is 5.97 Å². The van der Waals surface area contributed by atoms with Gasteiger partial charge in [0.15, 0.2) is 0 Å². The maximum absolute atomic E-state index is 11.5. The van der Waals surface area contributed by atoms with Crippen molar-refractivity contribution in [3.05, 3.63) is 41.7 Å². The van der Waals surface area contributed by atoms with Crippen LogP contribution in [0, 0.1) is 28.6 Å². The molecule has 0 radical (unpaired) electrons. The molecule has 4 fully saturated rings. The van der Waals surface area contributed by atoms with Gasteiger partial charge in [0, 0.05) is 25.0 Å². The lowest BCUT2D eigenvalue weighted by Crippen LogP contribution is -2.52. The fraction of sp³-hybridized carbons (Fsp3) is 0.704. The number of carbonyl (C=O) groups excluding carboxylic acids is 1. The smallest absolute Gasteiger partial charge is 0.302 e. The minimum Gasteiger partial charge on any atom is -0.462 e. The van der Waals surface area contributed by atoms with Gasteiger partial charge in [-0.1, -0.05) is 31.6 Å². The summed E-state index contributed by atoms with van der Waals surface area (Å²) in [6.45, 7) is 6.58. The van der Waals surface area contributed by atoms with Crippen LogP contribution in [0.4, 0.5) is 0 Å². The molecule has 1 saturated heterocycles. The van der Waals surface area contributed by atoms with E-state index >= 15 is 0 Å². The van der Waals surface area contributed by atoms with Crippen molar-refractivity contribution >= 4 is 5.97 Å². The van der Waals surface area contributed by atoms with E-state index in [0.717, 1.165) is 42.7 Å². The van der Waals surface area contributed by atoms with E-state index in [2.05, 4.69) is 37.0 Å². The molecule has 1 aromatic rings. The molecule has 0 amide bonds. The molecule has 31 heavy (non-hydrogen) atoms. The third-order valence-corrected chi connectivity index (χ3v) is 10.2. The summed E-state index contributed by atoms with van der Waals surface area (Å²) in [4.78, 5) is 16.1. The molecule has 1 aliphatic heterocycles. The van der Waals surface area contributed by atoms with Crippen molar-refractivity contribution in [1.29, 1.82) is 0 Å². The predicted molar refractivity (Wildman–Crippen MR) is 118 cm³/mol. The Kier molecular flexibility index (Phi) is 4.29. The first kappa shape index (κ1) is 20.0. The van der Waals surface area contributed by atoms with E-state index in [-0.39, 0.29) is 34.6 Å². The highest BCUT2D eigenvalue weighted by atomic mass is 16.6. The minimum absolute atomic E-state index is 0.00880. The van der Waals surface area contributed by atoms with E-state index in [9.17, 15) is 4.79 Å². The van der Waals surface area contributed by atoms with E-state index in [1.165, 1.54) is 39.0 Å². The average Bonchev–Trinajstić information content (AvgIpc) is 3.42. The van der Waals surface area contributed by atoms with Gasteiger partial charge < -0.3 is 9.47 Å². The first-order valence-electron chi connectivity index (χ1n) is 12.3. The number of hydrogen-bond donors (Lipinski definition) is 0. The van der Waals surface area contributed by atoms with Crippen molar-refractivity contribution in [2.24, 2.45) is 28.6 Å². The molecule has 1 spiro atoms. The van der Waals surface area contributed by atoms with E-state index in [0.29, 0.717) is 0 Å². The van der Waals surface area contributed by atoms with Crippen LogP contribution in [0.3, 0.4) is 0 Å². The lowest BCUT2D eigenvalue weighted by molar-refractivity contribution is -0.148. The van der Waals surface area contributed by atoms with Crippen molar-refractivity contribution < 1.29 is 14.3 Å².